The lowest BCUT2D eigenvalue weighted by molar-refractivity contribution is -0.456. The van der Waals surface area contributed by atoms with Crippen LogP contribution in [-0.2, 0) is 38.2 Å². The zero-order chi connectivity index (χ0) is 18.6. The molecule has 4 aliphatic rings. The zero-order valence-corrected chi connectivity index (χ0v) is 16.2. The molecule has 0 aliphatic carbocycles. The van der Waals surface area contributed by atoms with E-state index in [0.717, 1.165) is 19.3 Å². The van der Waals surface area contributed by atoms with E-state index in [9.17, 15) is 0 Å². The Bertz CT molecular complexity index is 515. The van der Waals surface area contributed by atoms with Gasteiger partial charge in [-0.05, 0) is 47.5 Å². The van der Waals surface area contributed by atoms with E-state index in [2.05, 4.69) is 0 Å². The van der Waals surface area contributed by atoms with E-state index < -0.39 is 42.0 Å². The van der Waals surface area contributed by atoms with Crippen molar-refractivity contribution in [3.05, 3.63) is 0 Å². The molecular weight excluding hydrogens is 344 g/mol. The molecule has 4 fully saturated rings. The summed E-state index contributed by atoms with van der Waals surface area (Å²) in [5.41, 5.74) is 0. The summed E-state index contributed by atoms with van der Waals surface area (Å²) in [6.07, 6.45) is 0.688. The molecule has 150 valence electrons. The van der Waals surface area contributed by atoms with Crippen molar-refractivity contribution in [2.24, 2.45) is 0 Å². The highest BCUT2D eigenvalue weighted by atomic mass is 17.2. The summed E-state index contributed by atoms with van der Waals surface area (Å²) < 4.78 is 35.4. The Morgan fingerprint density at radius 2 is 1.65 bits per heavy atom. The van der Waals surface area contributed by atoms with Crippen molar-refractivity contribution < 1.29 is 38.2 Å². The van der Waals surface area contributed by atoms with Gasteiger partial charge in [-0.3, -0.25) is 0 Å². The molecule has 8 heteroatoms. The predicted octanol–water partition coefficient (Wildman–Crippen LogP) is 2.25. The number of rotatable bonds is 4. The van der Waals surface area contributed by atoms with Gasteiger partial charge in [0, 0.05) is 6.42 Å². The molecule has 0 aromatic heterocycles. The summed E-state index contributed by atoms with van der Waals surface area (Å²) in [5, 5.41) is 0. The van der Waals surface area contributed by atoms with Gasteiger partial charge in [0.1, 0.15) is 18.3 Å². The van der Waals surface area contributed by atoms with Crippen molar-refractivity contribution >= 4 is 0 Å². The highest BCUT2D eigenvalue weighted by molar-refractivity contribution is 4.98. The molecular formula is C18H30O8. The van der Waals surface area contributed by atoms with Crippen LogP contribution < -0.4 is 0 Å². The van der Waals surface area contributed by atoms with Gasteiger partial charge in [-0.25, -0.2) is 9.78 Å². The topological polar surface area (TPSA) is 73.8 Å². The smallest absolute Gasteiger partial charge is 0.198 e. The first kappa shape index (κ1) is 19.0. The maximum absolute atomic E-state index is 6.09. The van der Waals surface area contributed by atoms with Gasteiger partial charge < -0.3 is 28.4 Å². The molecule has 0 radical (unpaired) electrons. The monoisotopic (exact) mass is 374 g/mol. The lowest BCUT2D eigenvalue weighted by atomic mass is 10.1. The Kier molecular flexibility index (Phi) is 4.85. The number of hydrogen-bond donors (Lipinski definition) is 0. The number of hydrogen-bond acceptors (Lipinski definition) is 8. The SMILES string of the molecule is CC1(C)OC2[C@H](O[C@H]([C@H]3COC(C)(C)O3)[C@H]2OOC2(C)CCCCO2)O1. The quantitative estimate of drug-likeness (QED) is 0.548. The molecule has 0 spiro atoms. The molecule has 4 rings (SSSR count). The van der Waals surface area contributed by atoms with Gasteiger partial charge in [0.15, 0.2) is 29.8 Å². The van der Waals surface area contributed by atoms with Gasteiger partial charge in [-0.2, -0.15) is 0 Å². The Morgan fingerprint density at radius 3 is 2.31 bits per heavy atom. The molecule has 4 saturated heterocycles. The van der Waals surface area contributed by atoms with Gasteiger partial charge >= 0.3 is 0 Å². The molecule has 6 atom stereocenters. The minimum Gasteiger partial charge on any atom is -0.348 e. The Morgan fingerprint density at radius 1 is 0.846 bits per heavy atom. The van der Waals surface area contributed by atoms with E-state index in [1.165, 1.54) is 0 Å². The van der Waals surface area contributed by atoms with Gasteiger partial charge in [0.05, 0.1) is 13.2 Å². The van der Waals surface area contributed by atoms with Crippen LogP contribution in [-0.4, -0.2) is 61.3 Å². The Hall–Kier alpha value is -0.320. The van der Waals surface area contributed by atoms with Crippen LogP contribution in [0.25, 0.3) is 0 Å². The standard InChI is InChI=1S/C18H30O8/c1-16(2)20-10-11(22-16)12-13(14-15(21-12)24-17(3,4)23-14)25-26-18(5)8-6-7-9-19-18/h11-15H,6-10H2,1-5H3/t11-,12-,13-,14?,15-,18?/m1/s1. The third kappa shape index (κ3) is 3.79. The van der Waals surface area contributed by atoms with Gasteiger partial charge in [0.2, 0.25) is 0 Å². The molecule has 0 aromatic rings. The molecule has 4 aliphatic heterocycles. The van der Waals surface area contributed by atoms with E-state index in [0.29, 0.717) is 13.2 Å². The second kappa shape index (κ2) is 6.63. The lowest BCUT2D eigenvalue weighted by Crippen LogP contribution is -2.46. The minimum absolute atomic E-state index is 0.292. The van der Waals surface area contributed by atoms with E-state index in [1.54, 1.807) is 0 Å². The fourth-order valence-electron chi connectivity index (χ4n) is 3.92. The third-order valence-electron chi connectivity index (χ3n) is 5.19. The molecule has 0 bridgehead atoms. The molecule has 0 aromatic carbocycles. The first-order valence-electron chi connectivity index (χ1n) is 9.48. The number of fused-ring (bicyclic) bond motifs is 1. The molecule has 4 heterocycles. The highest BCUT2D eigenvalue weighted by Crippen LogP contribution is 2.42. The van der Waals surface area contributed by atoms with Crippen molar-refractivity contribution in [3.8, 4) is 0 Å². The maximum atomic E-state index is 6.09. The van der Waals surface area contributed by atoms with Crippen molar-refractivity contribution in [3.63, 3.8) is 0 Å². The largest absolute Gasteiger partial charge is 0.348 e. The Balaban J connectivity index is 1.47. The fourth-order valence-corrected chi connectivity index (χ4v) is 3.92. The van der Waals surface area contributed by atoms with Crippen molar-refractivity contribution in [1.29, 1.82) is 0 Å². The van der Waals surface area contributed by atoms with Crippen molar-refractivity contribution in [2.45, 2.75) is 102 Å². The van der Waals surface area contributed by atoms with Crippen LogP contribution in [0, 0.1) is 0 Å². The van der Waals surface area contributed by atoms with Gasteiger partial charge in [-0.15, -0.1) is 0 Å². The second-order valence-electron chi connectivity index (χ2n) is 8.52. The highest BCUT2D eigenvalue weighted by Gasteiger charge is 2.60. The molecule has 0 amide bonds. The molecule has 0 N–H and O–H groups in total. The lowest BCUT2D eigenvalue weighted by Gasteiger charge is -2.34. The molecule has 0 saturated carbocycles. The van der Waals surface area contributed by atoms with Gasteiger partial charge in [-0.1, -0.05) is 0 Å². The van der Waals surface area contributed by atoms with Crippen LogP contribution in [0.3, 0.4) is 0 Å². The summed E-state index contributed by atoms with van der Waals surface area (Å²) in [6.45, 7) is 10.4. The van der Waals surface area contributed by atoms with Crippen LogP contribution in [0.2, 0.25) is 0 Å². The summed E-state index contributed by atoms with van der Waals surface area (Å²) in [5.74, 6) is -2.15. The van der Waals surface area contributed by atoms with Crippen LogP contribution in [0.4, 0.5) is 0 Å². The second-order valence-corrected chi connectivity index (χ2v) is 8.52. The fraction of sp³-hybridized carbons (Fsp3) is 1.00. The summed E-state index contributed by atoms with van der Waals surface area (Å²) in [6, 6.07) is 0. The van der Waals surface area contributed by atoms with Crippen LogP contribution >= 0.6 is 0 Å². The number of ether oxygens (including phenoxy) is 6. The molecule has 8 nitrogen and oxygen atoms in total. The van der Waals surface area contributed by atoms with E-state index in [1.807, 2.05) is 34.6 Å². The third-order valence-corrected chi connectivity index (χ3v) is 5.19. The molecule has 2 unspecified atom stereocenters. The average molecular weight is 374 g/mol. The first-order valence-corrected chi connectivity index (χ1v) is 9.48. The first-order chi connectivity index (χ1) is 12.2. The summed E-state index contributed by atoms with van der Waals surface area (Å²) in [4.78, 5) is 11.6. The van der Waals surface area contributed by atoms with Crippen molar-refractivity contribution in [2.75, 3.05) is 13.2 Å². The average Bonchev–Trinajstić information content (AvgIpc) is 3.15. The maximum Gasteiger partial charge on any atom is 0.198 e. The van der Waals surface area contributed by atoms with Crippen LogP contribution in [0.1, 0.15) is 53.9 Å². The normalized spacial score (nSPS) is 47.2. The van der Waals surface area contributed by atoms with Crippen LogP contribution in [0.15, 0.2) is 0 Å². The van der Waals surface area contributed by atoms with Gasteiger partial charge in [0.25, 0.3) is 0 Å². The van der Waals surface area contributed by atoms with Crippen LogP contribution in [0.5, 0.6) is 0 Å². The summed E-state index contributed by atoms with van der Waals surface area (Å²) >= 11 is 0. The Labute approximate surface area is 154 Å². The predicted molar refractivity (Wildman–Crippen MR) is 87.8 cm³/mol. The van der Waals surface area contributed by atoms with E-state index in [4.69, 9.17) is 38.2 Å². The van der Waals surface area contributed by atoms with E-state index >= 15 is 0 Å². The molecule has 26 heavy (non-hydrogen) atoms. The van der Waals surface area contributed by atoms with Crippen molar-refractivity contribution in [1.82, 2.24) is 0 Å². The minimum atomic E-state index is -0.762. The van der Waals surface area contributed by atoms with E-state index in [-0.39, 0.29) is 6.10 Å². The zero-order valence-electron chi connectivity index (χ0n) is 16.2. The summed E-state index contributed by atoms with van der Waals surface area (Å²) in [7, 11) is 0.